The molecular weight excluding hydrogens is 176 g/mol. The van der Waals surface area contributed by atoms with Crippen molar-refractivity contribution < 1.29 is 5.11 Å². The highest BCUT2D eigenvalue weighted by Crippen LogP contribution is 2.28. The first-order valence-electron chi connectivity index (χ1n) is 5.98. The topological polar surface area (TPSA) is 44.3 Å². The van der Waals surface area contributed by atoms with Crippen molar-refractivity contribution in [2.75, 3.05) is 19.6 Å². The van der Waals surface area contributed by atoms with E-state index in [1.165, 1.54) is 12.8 Å². The normalized spacial score (nSPS) is 40.5. The van der Waals surface area contributed by atoms with Crippen LogP contribution in [0.25, 0.3) is 0 Å². The van der Waals surface area contributed by atoms with E-state index < -0.39 is 5.60 Å². The lowest BCUT2D eigenvalue weighted by Gasteiger charge is -2.38. The Labute approximate surface area is 86.3 Å². The number of nitrogens with one attached hydrogen (secondary N) is 2. The largest absolute Gasteiger partial charge is 0.388 e. The number of hydrogen-bond acceptors (Lipinski definition) is 3. The van der Waals surface area contributed by atoms with Crippen molar-refractivity contribution in [2.45, 2.75) is 50.2 Å². The Hall–Kier alpha value is -0.120. The van der Waals surface area contributed by atoms with E-state index in [0.29, 0.717) is 6.04 Å². The second kappa shape index (κ2) is 4.60. The lowest BCUT2D eigenvalue weighted by molar-refractivity contribution is -0.0175. The molecule has 2 aliphatic heterocycles. The highest BCUT2D eigenvalue weighted by atomic mass is 16.3. The summed E-state index contributed by atoms with van der Waals surface area (Å²) in [6.07, 6.45) is 6.66. The van der Waals surface area contributed by atoms with Crippen LogP contribution in [0, 0.1) is 0 Å². The van der Waals surface area contributed by atoms with E-state index in [1.54, 1.807) is 0 Å². The molecule has 3 nitrogen and oxygen atoms in total. The summed E-state index contributed by atoms with van der Waals surface area (Å²) in [5, 5.41) is 17.4. The summed E-state index contributed by atoms with van der Waals surface area (Å²) in [6, 6.07) is 0.344. The lowest BCUT2D eigenvalue weighted by Crippen LogP contribution is -2.53. The van der Waals surface area contributed by atoms with E-state index >= 15 is 0 Å². The Morgan fingerprint density at radius 1 is 1.00 bits per heavy atom. The van der Waals surface area contributed by atoms with E-state index in [4.69, 9.17) is 0 Å². The van der Waals surface area contributed by atoms with Crippen LogP contribution in [0.15, 0.2) is 0 Å². The molecule has 2 saturated heterocycles. The van der Waals surface area contributed by atoms with Crippen LogP contribution in [-0.4, -0.2) is 36.4 Å². The molecule has 0 amide bonds. The SMILES string of the molecule is OC1(C2CCCCN2)CCCNCC1. The van der Waals surface area contributed by atoms with Gasteiger partial charge in [-0.15, -0.1) is 0 Å². The Bertz CT molecular complexity index is 170. The Morgan fingerprint density at radius 2 is 1.93 bits per heavy atom. The van der Waals surface area contributed by atoms with Crippen molar-refractivity contribution in [3.05, 3.63) is 0 Å². The summed E-state index contributed by atoms with van der Waals surface area (Å²) >= 11 is 0. The minimum Gasteiger partial charge on any atom is -0.388 e. The number of aliphatic hydroxyl groups is 1. The maximum absolute atomic E-state index is 10.6. The molecule has 2 unspecified atom stereocenters. The summed E-state index contributed by atoms with van der Waals surface area (Å²) in [5.41, 5.74) is -0.441. The van der Waals surface area contributed by atoms with Crippen LogP contribution in [0.2, 0.25) is 0 Å². The van der Waals surface area contributed by atoms with Crippen molar-refractivity contribution >= 4 is 0 Å². The van der Waals surface area contributed by atoms with Crippen LogP contribution in [0.5, 0.6) is 0 Å². The molecule has 0 aromatic carbocycles. The fourth-order valence-corrected chi connectivity index (χ4v) is 2.73. The van der Waals surface area contributed by atoms with Gasteiger partial charge in [0, 0.05) is 6.04 Å². The third kappa shape index (κ3) is 2.27. The zero-order valence-corrected chi connectivity index (χ0v) is 8.89. The molecule has 2 aliphatic rings. The second-order valence-electron chi connectivity index (χ2n) is 4.71. The minimum absolute atomic E-state index is 0.344. The fourth-order valence-electron chi connectivity index (χ4n) is 2.73. The summed E-state index contributed by atoms with van der Waals surface area (Å²) < 4.78 is 0. The molecule has 82 valence electrons. The molecule has 0 aliphatic carbocycles. The van der Waals surface area contributed by atoms with Crippen molar-refractivity contribution in [1.29, 1.82) is 0 Å². The van der Waals surface area contributed by atoms with E-state index in [-0.39, 0.29) is 0 Å². The van der Waals surface area contributed by atoms with Gasteiger partial charge in [-0.3, -0.25) is 0 Å². The Kier molecular flexibility index (Phi) is 3.42. The van der Waals surface area contributed by atoms with Gasteiger partial charge in [0.1, 0.15) is 0 Å². The van der Waals surface area contributed by atoms with Gasteiger partial charge in [-0.05, 0) is 51.7 Å². The molecule has 2 heterocycles. The van der Waals surface area contributed by atoms with Gasteiger partial charge in [-0.1, -0.05) is 6.42 Å². The van der Waals surface area contributed by atoms with Crippen LogP contribution >= 0.6 is 0 Å². The van der Waals surface area contributed by atoms with Gasteiger partial charge in [0.25, 0.3) is 0 Å². The number of rotatable bonds is 1. The van der Waals surface area contributed by atoms with Gasteiger partial charge >= 0.3 is 0 Å². The fraction of sp³-hybridized carbons (Fsp3) is 1.00. The highest BCUT2D eigenvalue weighted by molar-refractivity contribution is 4.94. The minimum atomic E-state index is -0.441. The molecule has 0 aromatic rings. The van der Waals surface area contributed by atoms with E-state index in [0.717, 1.165) is 45.3 Å². The van der Waals surface area contributed by atoms with Gasteiger partial charge in [0.15, 0.2) is 0 Å². The summed E-state index contributed by atoms with van der Waals surface area (Å²) in [5.74, 6) is 0. The second-order valence-corrected chi connectivity index (χ2v) is 4.71. The monoisotopic (exact) mass is 198 g/mol. The van der Waals surface area contributed by atoms with Gasteiger partial charge in [-0.2, -0.15) is 0 Å². The van der Waals surface area contributed by atoms with Crippen molar-refractivity contribution in [3.8, 4) is 0 Å². The zero-order valence-electron chi connectivity index (χ0n) is 8.89. The van der Waals surface area contributed by atoms with Crippen LogP contribution in [0.1, 0.15) is 38.5 Å². The van der Waals surface area contributed by atoms with E-state index in [2.05, 4.69) is 10.6 Å². The molecule has 0 aromatic heterocycles. The van der Waals surface area contributed by atoms with Gasteiger partial charge in [0.2, 0.25) is 0 Å². The van der Waals surface area contributed by atoms with Crippen LogP contribution in [0.3, 0.4) is 0 Å². The molecule has 0 saturated carbocycles. The summed E-state index contributed by atoms with van der Waals surface area (Å²) in [4.78, 5) is 0. The Morgan fingerprint density at radius 3 is 2.71 bits per heavy atom. The first kappa shape index (κ1) is 10.4. The smallest absolute Gasteiger partial charge is 0.0812 e. The third-order valence-electron chi connectivity index (χ3n) is 3.66. The maximum atomic E-state index is 10.6. The summed E-state index contributed by atoms with van der Waals surface area (Å²) in [7, 11) is 0. The summed E-state index contributed by atoms with van der Waals surface area (Å²) in [6.45, 7) is 3.12. The average molecular weight is 198 g/mol. The highest BCUT2D eigenvalue weighted by Gasteiger charge is 2.37. The molecule has 3 N–H and O–H groups in total. The first-order chi connectivity index (χ1) is 6.81. The molecule has 0 radical (unpaired) electrons. The van der Waals surface area contributed by atoms with Crippen molar-refractivity contribution in [3.63, 3.8) is 0 Å². The molecule has 0 bridgehead atoms. The van der Waals surface area contributed by atoms with Gasteiger partial charge in [0.05, 0.1) is 5.60 Å². The van der Waals surface area contributed by atoms with Crippen molar-refractivity contribution in [1.82, 2.24) is 10.6 Å². The molecule has 14 heavy (non-hydrogen) atoms. The van der Waals surface area contributed by atoms with Crippen LogP contribution < -0.4 is 10.6 Å². The molecular formula is C11H22N2O. The number of hydrogen-bond donors (Lipinski definition) is 3. The predicted molar refractivity (Wildman–Crippen MR) is 57.3 cm³/mol. The first-order valence-corrected chi connectivity index (χ1v) is 5.98. The molecule has 3 heteroatoms. The molecule has 2 fully saturated rings. The van der Waals surface area contributed by atoms with E-state index in [1.807, 2.05) is 0 Å². The Balaban J connectivity index is 1.96. The van der Waals surface area contributed by atoms with Gasteiger partial charge < -0.3 is 15.7 Å². The van der Waals surface area contributed by atoms with Crippen LogP contribution in [0.4, 0.5) is 0 Å². The molecule has 0 spiro atoms. The van der Waals surface area contributed by atoms with E-state index in [9.17, 15) is 5.11 Å². The standard InChI is InChI=1S/C11H22N2O/c14-11(5-3-7-12-9-6-11)10-4-1-2-8-13-10/h10,12-14H,1-9H2. The lowest BCUT2D eigenvalue weighted by atomic mass is 9.82. The van der Waals surface area contributed by atoms with Gasteiger partial charge in [-0.25, -0.2) is 0 Å². The molecule has 2 rings (SSSR count). The van der Waals surface area contributed by atoms with Crippen molar-refractivity contribution in [2.24, 2.45) is 0 Å². The van der Waals surface area contributed by atoms with Crippen LogP contribution in [-0.2, 0) is 0 Å². The number of piperidine rings is 1. The molecule has 2 atom stereocenters. The third-order valence-corrected chi connectivity index (χ3v) is 3.66. The quantitative estimate of drug-likeness (QED) is 0.579. The maximum Gasteiger partial charge on any atom is 0.0812 e. The zero-order chi connectivity index (χ0) is 9.86. The predicted octanol–water partition coefficient (Wildman–Crippen LogP) is 0.633. The average Bonchev–Trinajstić information content (AvgIpc) is 2.46.